The second-order valence-electron chi connectivity index (χ2n) is 21.5. The number of hydrogen-bond donors (Lipinski definition) is 3. The Morgan fingerprint density at radius 1 is 0.900 bits per heavy atom. The third-order valence-electron chi connectivity index (χ3n) is 16.2. The number of unbranched alkanes of at least 4 members (excludes halogenated alkanes) is 2. The number of carbonyl (C=O) groups is 7. The van der Waals surface area contributed by atoms with Crippen LogP contribution in [0.15, 0.2) is 24.3 Å². The number of hydrogen-bond acceptors (Lipinski definition) is 11. The van der Waals surface area contributed by atoms with Gasteiger partial charge in [-0.05, 0) is 93.2 Å². The SMILES string of the molecule is CC[C@H](C)[C@@H]([C@@H](CC(=O)N1CCC[C@H]1[C@H](OC)[C@@H](C)C(=O)C[C@H](CO)Cc1cccc(CC(=O)CCCCCNC(=O)C(C)CC(=O)O)c1)OC)N(C)C(=O)[C@@H](CC(=O)[C@@H]1[C@H]2CC[C@H](C2)N1C)C(C)C. The van der Waals surface area contributed by atoms with Crippen LogP contribution in [0.4, 0.5) is 0 Å². The Labute approximate surface area is 418 Å². The zero-order chi connectivity index (χ0) is 51.8. The molecule has 1 saturated carbocycles. The fourth-order valence-corrected chi connectivity index (χ4v) is 11.8. The van der Waals surface area contributed by atoms with Gasteiger partial charge in [0.15, 0.2) is 5.78 Å². The number of ketones is 3. The molecule has 1 unspecified atom stereocenters. The maximum absolute atomic E-state index is 14.5. The van der Waals surface area contributed by atoms with E-state index in [-0.39, 0.29) is 104 Å². The fraction of sp³-hybridized carbons (Fsp3) is 0.764. The van der Waals surface area contributed by atoms with Crippen LogP contribution in [-0.4, -0.2) is 150 Å². The van der Waals surface area contributed by atoms with Gasteiger partial charge in [0.05, 0.1) is 43.2 Å². The summed E-state index contributed by atoms with van der Waals surface area (Å²) in [5.74, 6) is -3.07. The van der Waals surface area contributed by atoms with Crippen LogP contribution in [0.1, 0.15) is 143 Å². The molecule has 3 fully saturated rings. The molecule has 3 amide bonds. The van der Waals surface area contributed by atoms with Crippen LogP contribution in [0.5, 0.6) is 0 Å². The monoisotopic (exact) mass is 981 g/mol. The van der Waals surface area contributed by atoms with Gasteiger partial charge in [-0.25, -0.2) is 0 Å². The normalized spacial score (nSPS) is 22.5. The number of amides is 3. The van der Waals surface area contributed by atoms with Crippen molar-refractivity contribution in [2.45, 2.75) is 181 Å². The molecule has 0 aromatic heterocycles. The molecule has 0 radical (unpaired) electrons. The molecule has 1 aromatic carbocycles. The predicted molar refractivity (Wildman–Crippen MR) is 269 cm³/mol. The molecule has 2 aliphatic heterocycles. The van der Waals surface area contributed by atoms with Crippen molar-refractivity contribution in [1.82, 2.24) is 20.0 Å². The van der Waals surface area contributed by atoms with Gasteiger partial charge < -0.3 is 34.8 Å². The minimum absolute atomic E-state index is 0.00474. The number of aliphatic hydroxyl groups excluding tert-OH is 1. The van der Waals surface area contributed by atoms with E-state index < -0.39 is 42.0 Å². The molecule has 12 atom stereocenters. The summed E-state index contributed by atoms with van der Waals surface area (Å²) in [6.45, 7) is 12.3. The third kappa shape index (κ3) is 16.0. The number of carboxylic acids is 1. The van der Waals surface area contributed by atoms with Gasteiger partial charge in [-0.1, -0.05) is 78.6 Å². The summed E-state index contributed by atoms with van der Waals surface area (Å²) < 4.78 is 12.2. The summed E-state index contributed by atoms with van der Waals surface area (Å²) in [4.78, 5) is 98.3. The molecule has 2 bridgehead atoms. The van der Waals surface area contributed by atoms with Gasteiger partial charge >= 0.3 is 5.97 Å². The van der Waals surface area contributed by atoms with Crippen LogP contribution >= 0.6 is 0 Å². The summed E-state index contributed by atoms with van der Waals surface area (Å²) in [6.07, 6.45) is 7.58. The molecular formula is C55H88N4O11. The number of fused-ring (bicyclic) bond motifs is 2. The molecule has 1 aromatic rings. The number of ether oxygens (including phenoxy) is 2. The van der Waals surface area contributed by atoms with Crippen molar-refractivity contribution < 1.29 is 53.2 Å². The Kier molecular flexibility index (Phi) is 23.6. The fourth-order valence-electron chi connectivity index (χ4n) is 11.8. The number of carbonyl (C=O) groups excluding carboxylic acids is 6. The number of methoxy groups -OCH3 is 2. The quantitative estimate of drug-likeness (QED) is 0.0679. The lowest BCUT2D eigenvalue weighted by Crippen LogP contribution is -2.54. The minimum atomic E-state index is -1.01. The highest BCUT2D eigenvalue weighted by Gasteiger charge is 2.48. The van der Waals surface area contributed by atoms with Gasteiger partial charge in [-0.3, -0.25) is 38.5 Å². The van der Waals surface area contributed by atoms with Crippen LogP contribution in [0.3, 0.4) is 0 Å². The standard InChI is InChI=1S/C55H88N4O11/c1-11-35(4)51(58(8)55(68)44(34(2)3)31-47(63)52-41-21-22-42(30-41)57(52)7)48(69-9)32-49(64)59-24-16-20-45(59)53(70-10)37(6)46(62)29-40(33-60)27-38-17-15-18-39(26-38)28-43(61)19-13-12-14-23-56-54(67)36(5)25-50(65)66/h15,17-18,26,34-37,40-42,44-45,48,51-53,60H,11-14,16,19-25,27-33H2,1-10H3,(H,56,67)(H,65,66)/t35-,36?,37-,40+,41-,42+,44-,45-,48+,51-,52-,53+/m0/s1. The molecule has 3 aliphatic rings. The number of nitrogens with one attached hydrogen (secondary N) is 1. The number of aliphatic carboxylic acids is 1. The molecule has 4 rings (SSSR count). The molecule has 3 N–H and O–H groups in total. The van der Waals surface area contributed by atoms with E-state index in [1.807, 2.05) is 57.0 Å². The second kappa shape index (κ2) is 28.3. The van der Waals surface area contributed by atoms with E-state index in [1.54, 1.807) is 33.1 Å². The van der Waals surface area contributed by atoms with Crippen molar-refractivity contribution in [1.29, 1.82) is 0 Å². The van der Waals surface area contributed by atoms with E-state index in [0.29, 0.717) is 57.2 Å². The van der Waals surface area contributed by atoms with E-state index >= 15 is 0 Å². The molecule has 15 nitrogen and oxygen atoms in total. The van der Waals surface area contributed by atoms with Gasteiger partial charge in [0.25, 0.3) is 0 Å². The highest BCUT2D eigenvalue weighted by Crippen LogP contribution is 2.43. The first-order valence-corrected chi connectivity index (χ1v) is 26.3. The van der Waals surface area contributed by atoms with Crippen LogP contribution < -0.4 is 5.32 Å². The molecular weight excluding hydrogens is 893 g/mol. The Balaban J connectivity index is 1.32. The van der Waals surface area contributed by atoms with Gasteiger partial charge in [0, 0.05) is 90.4 Å². The lowest BCUT2D eigenvalue weighted by molar-refractivity contribution is -0.149. The Bertz CT molecular complexity index is 1910. The summed E-state index contributed by atoms with van der Waals surface area (Å²) in [6, 6.07) is 7.23. The predicted octanol–water partition coefficient (Wildman–Crippen LogP) is 6.33. The molecule has 2 saturated heterocycles. The molecule has 70 heavy (non-hydrogen) atoms. The smallest absolute Gasteiger partial charge is 0.304 e. The maximum Gasteiger partial charge on any atom is 0.304 e. The number of carboxylic acid groups (broad SMARTS) is 1. The van der Waals surface area contributed by atoms with Crippen LogP contribution in [0.2, 0.25) is 0 Å². The zero-order valence-electron chi connectivity index (χ0n) is 44.2. The van der Waals surface area contributed by atoms with Crippen molar-refractivity contribution in [2.24, 2.45) is 41.4 Å². The first kappa shape index (κ1) is 58.5. The topological polar surface area (TPSA) is 200 Å². The van der Waals surface area contributed by atoms with Crippen molar-refractivity contribution in [2.75, 3.05) is 48.0 Å². The summed E-state index contributed by atoms with van der Waals surface area (Å²) in [5.41, 5.74) is 1.78. The number of benzene rings is 1. The third-order valence-corrected chi connectivity index (χ3v) is 16.2. The number of Topliss-reactive ketones (excluding diaryl/α,β-unsaturated/α-hetero) is 3. The molecule has 15 heteroatoms. The van der Waals surface area contributed by atoms with E-state index in [0.717, 1.165) is 49.7 Å². The largest absolute Gasteiger partial charge is 0.481 e. The Morgan fingerprint density at radius 3 is 2.23 bits per heavy atom. The Hall–Kier alpha value is -4.05. The summed E-state index contributed by atoms with van der Waals surface area (Å²) in [5, 5.41) is 22.1. The van der Waals surface area contributed by atoms with Crippen LogP contribution in [0, 0.1) is 41.4 Å². The van der Waals surface area contributed by atoms with Crippen LogP contribution in [0.25, 0.3) is 0 Å². The molecule has 0 spiro atoms. The number of likely N-dealkylation sites (tertiary alicyclic amines) is 2. The van der Waals surface area contributed by atoms with Gasteiger partial charge in [0.1, 0.15) is 11.6 Å². The summed E-state index contributed by atoms with van der Waals surface area (Å²) >= 11 is 0. The number of piperidine rings is 1. The number of rotatable bonds is 32. The summed E-state index contributed by atoms with van der Waals surface area (Å²) in [7, 11) is 6.99. The van der Waals surface area contributed by atoms with Crippen molar-refractivity contribution in [3.05, 3.63) is 35.4 Å². The number of likely N-dealkylation sites (N-methyl/N-ethyl adjacent to an activating group) is 2. The molecule has 1 aliphatic carbocycles. The van der Waals surface area contributed by atoms with E-state index in [9.17, 15) is 38.7 Å². The highest BCUT2D eigenvalue weighted by atomic mass is 16.5. The number of nitrogens with zero attached hydrogens (tertiary/aromatic N) is 3. The second-order valence-corrected chi connectivity index (χ2v) is 21.5. The average Bonchev–Trinajstić information content (AvgIpc) is 4.08. The van der Waals surface area contributed by atoms with Gasteiger partial charge in [-0.2, -0.15) is 0 Å². The highest BCUT2D eigenvalue weighted by molar-refractivity contribution is 5.91. The maximum atomic E-state index is 14.5. The number of aliphatic hydroxyl groups is 1. The van der Waals surface area contributed by atoms with E-state index in [2.05, 4.69) is 24.1 Å². The van der Waals surface area contributed by atoms with Crippen molar-refractivity contribution in [3.8, 4) is 0 Å². The minimum Gasteiger partial charge on any atom is -0.481 e. The lowest BCUT2D eigenvalue weighted by atomic mass is 9.83. The van der Waals surface area contributed by atoms with Crippen molar-refractivity contribution in [3.63, 3.8) is 0 Å². The van der Waals surface area contributed by atoms with E-state index in [1.165, 1.54) is 0 Å². The first-order valence-electron chi connectivity index (χ1n) is 26.3. The lowest BCUT2D eigenvalue weighted by Gasteiger charge is -2.41. The molecule has 2 heterocycles. The van der Waals surface area contributed by atoms with Crippen molar-refractivity contribution >= 4 is 41.0 Å². The van der Waals surface area contributed by atoms with Gasteiger partial charge in [0.2, 0.25) is 17.7 Å². The average molecular weight is 981 g/mol. The first-order chi connectivity index (χ1) is 33.3. The van der Waals surface area contributed by atoms with E-state index in [4.69, 9.17) is 14.6 Å². The zero-order valence-corrected chi connectivity index (χ0v) is 44.2. The van der Waals surface area contributed by atoms with Crippen LogP contribution in [-0.2, 0) is 55.9 Å². The Morgan fingerprint density at radius 2 is 1.61 bits per heavy atom. The molecule has 394 valence electrons. The van der Waals surface area contributed by atoms with Gasteiger partial charge in [-0.15, -0.1) is 0 Å².